The minimum Gasteiger partial charge on any atom is -0.464 e. The van der Waals surface area contributed by atoms with Crippen LogP contribution in [0.1, 0.15) is 41.0 Å². The molecule has 144 valence electrons. The zero-order valence-corrected chi connectivity index (χ0v) is 15.6. The molecule has 0 fully saturated rings. The van der Waals surface area contributed by atoms with E-state index in [0.29, 0.717) is 11.8 Å². The largest absolute Gasteiger partial charge is 0.464 e. The molecule has 2 amide bonds. The van der Waals surface area contributed by atoms with E-state index in [0.717, 1.165) is 10.2 Å². The molecule has 0 aliphatic heterocycles. The summed E-state index contributed by atoms with van der Waals surface area (Å²) in [6.07, 6.45) is -0.706. The van der Waals surface area contributed by atoms with Gasteiger partial charge in [0.05, 0.1) is 17.3 Å². The van der Waals surface area contributed by atoms with Crippen molar-refractivity contribution < 1.29 is 14.7 Å². The first-order chi connectivity index (χ1) is 13.4. The quantitative estimate of drug-likeness (QED) is 0.632. The van der Waals surface area contributed by atoms with Crippen molar-refractivity contribution in [2.45, 2.75) is 26.3 Å². The van der Waals surface area contributed by atoms with Crippen LogP contribution in [0.5, 0.6) is 0 Å². The third-order valence-corrected chi connectivity index (χ3v) is 4.68. The van der Waals surface area contributed by atoms with Crippen molar-refractivity contribution in [2.75, 3.05) is 5.43 Å². The topological polar surface area (TPSA) is 100 Å². The number of rotatable bonds is 5. The smallest absolute Gasteiger partial charge is 0.424 e. The number of pyridine rings is 1. The fourth-order valence-corrected chi connectivity index (χ4v) is 3.32. The third-order valence-electron chi connectivity index (χ3n) is 4.68. The van der Waals surface area contributed by atoms with Crippen LogP contribution in [0.3, 0.4) is 0 Å². The van der Waals surface area contributed by atoms with E-state index < -0.39 is 11.7 Å². The summed E-state index contributed by atoms with van der Waals surface area (Å²) < 4.78 is 0.892. The van der Waals surface area contributed by atoms with Crippen molar-refractivity contribution in [3.8, 4) is 0 Å². The maximum absolute atomic E-state index is 13.2. The first kappa shape index (κ1) is 19.2. The molecule has 0 unspecified atom stereocenters. The molecule has 0 spiro atoms. The predicted octanol–water partition coefficient (Wildman–Crippen LogP) is 3.41. The van der Waals surface area contributed by atoms with Crippen molar-refractivity contribution in [1.82, 2.24) is 9.99 Å². The Hall–Kier alpha value is -3.61. The second-order valence-electron chi connectivity index (χ2n) is 6.41. The van der Waals surface area contributed by atoms with Crippen LogP contribution in [0.2, 0.25) is 0 Å². The van der Waals surface area contributed by atoms with Crippen LogP contribution in [0.25, 0.3) is 10.8 Å². The van der Waals surface area contributed by atoms with Crippen molar-refractivity contribution >= 4 is 22.8 Å². The van der Waals surface area contributed by atoms with Gasteiger partial charge in [-0.15, -0.1) is 0 Å². The lowest BCUT2D eigenvalue weighted by atomic mass is 10.0. The lowest BCUT2D eigenvalue weighted by Crippen LogP contribution is -2.37. The summed E-state index contributed by atoms with van der Waals surface area (Å²) in [4.78, 5) is 37.0. The van der Waals surface area contributed by atoms with Gasteiger partial charge >= 0.3 is 6.09 Å². The van der Waals surface area contributed by atoms with Crippen molar-refractivity contribution in [1.29, 1.82) is 0 Å². The number of hydrogen-bond acceptors (Lipinski definition) is 3. The molecule has 0 saturated heterocycles. The number of carbonyl (C=O) groups excluding carboxylic acids is 1. The number of carboxylic acid groups (broad SMARTS) is 1. The molecular formula is C21H21N3O4. The Labute approximate surface area is 161 Å². The summed E-state index contributed by atoms with van der Waals surface area (Å²) in [5, 5.41) is 12.8. The van der Waals surface area contributed by atoms with Crippen molar-refractivity contribution in [3.63, 3.8) is 0 Å². The van der Waals surface area contributed by atoms with Gasteiger partial charge in [-0.3, -0.25) is 9.59 Å². The molecule has 1 heterocycles. The van der Waals surface area contributed by atoms with Crippen LogP contribution >= 0.6 is 0 Å². The number of fused-ring (bicyclic) bond motifs is 1. The molecule has 0 radical (unpaired) electrons. The number of nitrogens with zero attached hydrogens (tertiary/aromatic N) is 1. The highest BCUT2D eigenvalue weighted by molar-refractivity contribution is 6.08. The van der Waals surface area contributed by atoms with Gasteiger partial charge in [0.25, 0.3) is 11.5 Å². The second kappa shape index (κ2) is 7.96. The number of amides is 2. The second-order valence-corrected chi connectivity index (χ2v) is 6.41. The van der Waals surface area contributed by atoms with Crippen LogP contribution in [0, 0.1) is 6.92 Å². The lowest BCUT2D eigenvalue weighted by Gasteiger charge is -2.20. The zero-order chi connectivity index (χ0) is 20.3. The molecule has 1 aromatic heterocycles. The highest BCUT2D eigenvalue weighted by Gasteiger charge is 2.22. The molecule has 0 aliphatic carbocycles. The average molecular weight is 379 g/mol. The van der Waals surface area contributed by atoms with Gasteiger partial charge in [-0.2, -0.15) is 0 Å². The number of hydrogen-bond donors (Lipinski definition) is 3. The van der Waals surface area contributed by atoms with Crippen LogP contribution in [-0.4, -0.2) is 21.8 Å². The van der Waals surface area contributed by atoms with Gasteiger partial charge in [-0.1, -0.05) is 55.5 Å². The fourth-order valence-electron chi connectivity index (χ4n) is 3.32. The summed E-state index contributed by atoms with van der Waals surface area (Å²) in [6, 6.07) is 16.0. The average Bonchev–Trinajstić information content (AvgIpc) is 2.70. The van der Waals surface area contributed by atoms with E-state index >= 15 is 0 Å². The van der Waals surface area contributed by atoms with Crippen LogP contribution in [-0.2, 0) is 0 Å². The SMILES string of the molecule is CC[C@H](NC(=O)c1c(C)n(NC(=O)O)c(=O)c2ccccc12)c1ccccc1. The minimum absolute atomic E-state index is 0.209. The number of aromatic nitrogens is 1. The van der Waals surface area contributed by atoms with E-state index in [1.807, 2.05) is 37.3 Å². The number of benzene rings is 2. The third kappa shape index (κ3) is 3.59. The first-order valence-electron chi connectivity index (χ1n) is 8.94. The fraction of sp³-hybridized carbons (Fsp3) is 0.190. The summed E-state index contributed by atoms with van der Waals surface area (Å²) in [7, 11) is 0. The molecule has 3 aromatic rings. The highest BCUT2D eigenvalue weighted by Crippen LogP contribution is 2.22. The summed E-state index contributed by atoms with van der Waals surface area (Å²) in [5.41, 5.74) is 3.00. The van der Waals surface area contributed by atoms with Crippen LogP contribution < -0.4 is 16.3 Å². The van der Waals surface area contributed by atoms with E-state index in [9.17, 15) is 14.4 Å². The van der Waals surface area contributed by atoms with Gasteiger partial charge in [-0.25, -0.2) is 14.9 Å². The van der Waals surface area contributed by atoms with Gasteiger partial charge in [0.1, 0.15) is 0 Å². The summed E-state index contributed by atoms with van der Waals surface area (Å²) >= 11 is 0. The molecule has 7 nitrogen and oxygen atoms in total. The van der Waals surface area contributed by atoms with Gasteiger partial charge in [-0.05, 0) is 25.0 Å². The van der Waals surface area contributed by atoms with Gasteiger partial charge in [0.15, 0.2) is 0 Å². The Morgan fingerprint density at radius 2 is 1.64 bits per heavy atom. The molecule has 3 N–H and O–H groups in total. The molecule has 2 aromatic carbocycles. The highest BCUT2D eigenvalue weighted by atomic mass is 16.4. The van der Waals surface area contributed by atoms with E-state index in [4.69, 9.17) is 5.11 Å². The monoisotopic (exact) mass is 379 g/mol. The Morgan fingerprint density at radius 3 is 2.25 bits per heavy atom. The maximum Gasteiger partial charge on any atom is 0.424 e. The summed E-state index contributed by atoms with van der Waals surface area (Å²) in [5.74, 6) is -0.370. The van der Waals surface area contributed by atoms with E-state index in [-0.39, 0.29) is 28.6 Å². The van der Waals surface area contributed by atoms with Crippen molar-refractivity contribution in [2.24, 2.45) is 0 Å². The van der Waals surface area contributed by atoms with E-state index in [2.05, 4.69) is 10.7 Å². The zero-order valence-electron chi connectivity index (χ0n) is 15.6. The Balaban J connectivity index is 2.12. The number of carbonyl (C=O) groups is 2. The number of nitrogens with one attached hydrogen (secondary N) is 2. The van der Waals surface area contributed by atoms with Gasteiger partial charge in [0, 0.05) is 10.8 Å². The van der Waals surface area contributed by atoms with Crippen LogP contribution in [0.15, 0.2) is 59.4 Å². The Morgan fingerprint density at radius 1 is 1.04 bits per heavy atom. The van der Waals surface area contributed by atoms with Crippen LogP contribution in [0.4, 0.5) is 4.79 Å². The molecule has 0 aliphatic rings. The van der Waals surface area contributed by atoms with Crippen molar-refractivity contribution in [3.05, 3.63) is 81.8 Å². The summed E-state index contributed by atoms with van der Waals surface area (Å²) in [6.45, 7) is 3.51. The molecule has 7 heteroatoms. The lowest BCUT2D eigenvalue weighted by molar-refractivity contribution is 0.0935. The first-order valence-corrected chi connectivity index (χ1v) is 8.94. The standard InChI is InChI=1S/C21H21N3O4/c1-3-17(14-9-5-4-6-10-14)22-19(25)18-13(2)24(23-21(27)28)20(26)16-12-8-7-11-15(16)18/h4-12,17,23H,3H2,1-2H3,(H,22,25)(H,27,28)/t17-/m0/s1. The minimum atomic E-state index is -1.39. The molecular weight excluding hydrogens is 358 g/mol. The Kier molecular flexibility index (Phi) is 5.44. The van der Waals surface area contributed by atoms with E-state index in [1.54, 1.807) is 31.2 Å². The normalized spacial score (nSPS) is 11.8. The molecule has 0 bridgehead atoms. The maximum atomic E-state index is 13.2. The van der Waals surface area contributed by atoms with E-state index in [1.165, 1.54) is 0 Å². The molecule has 0 saturated carbocycles. The Bertz CT molecular complexity index is 1090. The molecule has 1 atom stereocenters. The van der Waals surface area contributed by atoms with Gasteiger partial charge < -0.3 is 10.4 Å². The predicted molar refractivity (Wildman–Crippen MR) is 107 cm³/mol. The molecule has 3 rings (SSSR count). The van der Waals surface area contributed by atoms with Gasteiger partial charge in [0.2, 0.25) is 0 Å². The molecule has 28 heavy (non-hydrogen) atoms.